The minimum atomic E-state index is -0.884. The smallest absolute Gasteiger partial charge is 0.225 e. The SMILES string of the molecule is CN(CC(C)(C)O)C(=O)CCCNC(=O)C(C)(C)C. The standard InChI is InChI=1S/C14H28N2O3/c1-13(2,3)12(18)15-9-7-8-11(17)16(6)10-14(4,5)19/h19H,7-10H2,1-6H3,(H,15,18). The number of hydrogen-bond donors (Lipinski definition) is 2. The molecule has 0 spiro atoms. The minimum Gasteiger partial charge on any atom is -0.389 e. The van der Waals surface area contributed by atoms with Gasteiger partial charge in [0.25, 0.3) is 0 Å². The fourth-order valence-electron chi connectivity index (χ4n) is 1.57. The highest BCUT2D eigenvalue weighted by Crippen LogP contribution is 2.12. The molecule has 0 unspecified atom stereocenters. The van der Waals surface area contributed by atoms with Crippen LogP contribution in [0, 0.1) is 5.41 Å². The van der Waals surface area contributed by atoms with Crippen LogP contribution in [0.3, 0.4) is 0 Å². The molecule has 5 heteroatoms. The molecule has 19 heavy (non-hydrogen) atoms. The van der Waals surface area contributed by atoms with Gasteiger partial charge in [-0.25, -0.2) is 0 Å². The highest BCUT2D eigenvalue weighted by Gasteiger charge is 2.21. The molecule has 0 rings (SSSR count). The Labute approximate surface area is 116 Å². The van der Waals surface area contributed by atoms with E-state index in [0.717, 1.165) is 0 Å². The Hall–Kier alpha value is -1.10. The summed E-state index contributed by atoms with van der Waals surface area (Å²) in [5.74, 6) is -0.0306. The van der Waals surface area contributed by atoms with Gasteiger partial charge in [0.1, 0.15) is 0 Å². The summed E-state index contributed by atoms with van der Waals surface area (Å²) < 4.78 is 0. The Kier molecular flexibility index (Phi) is 6.49. The molecule has 0 aromatic heterocycles. The molecule has 0 saturated carbocycles. The molecule has 0 aromatic carbocycles. The van der Waals surface area contributed by atoms with Crippen molar-refractivity contribution in [2.75, 3.05) is 20.1 Å². The van der Waals surface area contributed by atoms with E-state index in [-0.39, 0.29) is 11.8 Å². The van der Waals surface area contributed by atoms with Gasteiger partial charge >= 0.3 is 0 Å². The van der Waals surface area contributed by atoms with E-state index < -0.39 is 11.0 Å². The molecule has 0 radical (unpaired) electrons. The summed E-state index contributed by atoms with van der Waals surface area (Å²) in [6.07, 6.45) is 0.980. The van der Waals surface area contributed by atoms with E-state index in [1.54, 1.807) is 20.9 Å². The lowest BCUT2D eigenvalue weighted by molar-refractivity contribution is -0.133. The Morgan fingerprint density at radius 3 is 2.11 bits per heavy atom. The zero-order valence-electron chi connectivity index (χ0n) is 13.0. The topological polar surface area (TPSA) is 69.6 Å². The summed E-state index contributed by atoms with van der Waals surface area (Å²) in [5.41, 5.74) is -1.29. The first-order chi connectivity index (χ1) is 8.43. The maximum atomic E-state index is 11.8. The fourth-order valence-corrected chi connectivity index (χ4v) is 1.57. The van der Waals surface area contributed by atoms with E-state index in [1.807, 2.05) is 20.8 Å². The first-order valence-corrected chi connectivity index (χ1v) is 6.68. The molecular formula is C14H28N2O3. The number of nitrogens with zero attached hydrogens (tertiary/aromatic N) is 1. The van der Waals surface area contributed by atoms with E-state index in [9.17, 15) is 14.7 Å². The van der Waals surface area contributed by atoms with Crippen molar-refractivity contribution in [1.82, 2.24) is 10.2 Å². The molecule has 0 aliphatic heterocycles. The van der Waals surface area contributed by atoms with E-state index in [0.29, 0.717) is 25.9 Å². The number of amides is 2. The van der Waals surface area contributed by atoms with Crippen LogP contribution in [0.5, 0.6) is 0 Å². The first-order valence-electron chi connectivity index (χ1n) is 6.68. The molecule has 2 amide bonds. The van der Waals surface area contributed by atoms with Gasteiger partial charge in [-0.3, -0.25) is 9.59 Å². The van der Waals surface area contributed by atoms with E-state index in [1.165, 1.54) is 4.90 Å². The van der Waals surface area contributed by atoms with Gasteiger partial charge in [-0.15, -0.1) is 0 Å². The number of carbonyl (C=O) groups excluding carboxylic acids is 2. The maximum absolute atomic E-state index is 11.8. The highest BCUT2D eigenvalue weighted by molar-refractivity contribution is 5.81. The number of nitrogens with one attached hydrogen (secondary N) is 1. The van der Waals surface area contributed by atoms with Crippen molar-refractivity contribution in [1.29, 1.82) is 0 Å². The minimum absolute atomic E-state index is 0.00945. The largest absolute Gasteiger partial charge is 0.389 e. The molecule has 0 aromatic rings. The second-order valence-corrected chi connectivity index (χ2v) is 6.67. The second-order valence-electron chi connectivity index (χ2n) is 6.67. The highest BCUT2D eigenvalue weighted by atomic mass is 16.3. The summed E-state index contributed by atoms with van der Waals surface area (Å²) >= 11 is 0. The summed E-state index contributed by atoms with van der Waals surface area (Å²) in [6, 6.07) is 0. The number of aliphatic hydroxyl groups is 1. The van der Waals surface area contributed by atoms with Gasteiger partial charge in [0, 0.05) is 32.0 Å². The summed E-state index contributed by atoms with van der Waals surface area (Å²) in [5, 5.41) is 12.4. The Morgan fingerprint density at radius 1 is 1.16 bits per heavy atom. The molecule has 0 aliphatic carbocycles. The van der Waals surface area contributed by atoms with Gasteiger partial charge in [-0.2, -0.15) is 0 Å². The van der Waals surface area contributed by atoms with Gasteiger partial charge in [-0.1, -0.05) is 20.8 Å². The lowest BCUT2D eigenvalue weighted by atomic mass is 9.96. The molecule has 2 N–H and O–H groups in total. The number of hydrogen-bond acceptors (Lipinski definition) is 3. The van der Waals surface area contributed by atoms with Gasteiger partial charge < -0.3 is 15.3 Å². The van der Waals surface area contributed by atoms with Crippen molar-refractivity contribution in [2.24, 2.45) is 5.41 Å². The van der Waals surface area contributed by atoms with E-state index >= 15 is 0 Å². The normalized spacial score (nSPS) is 12.2. The van der Waals surface area contributed by atoms with Crippen molar-refractivity contribution in [3.63, 3.8) is 0 Å². The summed E-state index contributed by atoms with van der Waals surface area (Å²) in [4.78, 5) is 24.9. The summed E-state index contributed by atoms with van der Waals surface area (Å²) in [7, 11) is 1.67. The molecule has 0 bridgehead atoms. The molecule has 0 aliphatic rings. The van der Waals surface area contributed by atoms with Gasteiger partial charge in [0.2, 0.25) is 11.8 Å². The summed E-state index contributed by atoms with van der Waals surface area (Å²) in [6.45, 7) is 9.69. The van der Waals surface area contributed by atoms with Crippen LogP contribution in [-0.4, -0.2) is 47.6 Å². The second kappa shape index (κ2) is 6.89. The van der Waals surface area contributed by atoms with Crippen molar-refractivity contribution >= 4 is 11.8 Å². The van der Waals surface area contributed by atoms with Crippen LogP contribution in [0.15, 0.2) is 0 Å². The monoisotopic (exact) mass is 272 g/mol. The van der Waals surface area contributed by atoms with Crippen molar-refractivity contribution < 1.29 is 14.7 Å². The lowest BCUT2D eigenvalue weighted by Gasteiger charge is -2.25. The molecule has 112 valence electrons. The van der Waals surface area contributed by atoms with Crippen molar-refractivity contribution in [3.8, 4) is 0 Å². The number of rotatable bonds is 6. The zero-order valence-corrected chi connectivity index (χ0v) is 13.0. The quantitative estimate of drug-likeness (QED) is 0.713. The first kappa shape index (κ1) is 17.9. The fraction of sp³-hybridized carbons (Fsp3) is 0.857. The molecule has 0 atom stereocenters. The van der Waals surface area contributed by atoms with Gasteiger partial charge in [0.15, 0.2) is 0 Å². The Balaban J connectivity index is 3.90. The average Bonchev–Trinajstić information content (AvgIpc) is 2.19. The third-order valence-electron chi connectivity index (χ3n) is 2.58. The maximum Gasteiger partial charge on any atom is 0.225 e. The van der Waals surface area contributed by atoms with E-state index in [4.69, 9.17) is 0 Å². The third-order valence-corrected chi connectivity index (χ3v) is 2.58. The number of carbonyl (C=O) groups is 2. The predicted octanol–water partition coefficient (Wildman–Crippen LogP) is 1.16. The van der Waals surface area contributed by atoms with Gasteiger partial charge in [-0.05, 0) is 20.3 Å². The third kappa shape index (κ3) is 8.59. The predicted molar refractivity (Wildman–Crippen MR) is 75.6 cm³/mol. The lowest BCUT2D eigenvalue weighted by Crippen LogP contribution is -2.40. The van der Waals surface area contributed by atoms with Crippen LogP contribution >= 0.6 is 0 Å². The molecular weight excluding hydrogens is 244 g/mol. The molecule has 5 nitrogen and oxygen atoms in total. The van der Waals surface area contributed by atoms with Crippen LogP contribution in [0.2, 0.25) is 0 Å². The number of likely N-dealkylation sites (N-methyl/N-ethyl adjacent to an activating group) is 1. The van der Waals surface area contributed by atoms with Crippen molar-refractivity contribution in [2.45, 2.75) is 53.1 Å². The molecule has 0 fully saturated rings. The molecule has 0 saturated heterocycles. The van der Waals surface area contributed by atoms with Crippen LogP contribution in [0.4, 0.5) is 0 Å². The van der Waals surface area contributed by atoms with E-state index in [2.05, 4.69) is 5.32 Å². The van der Waals surface area contributed by atoms with Crippen LogP contribution in [0.25, 0.3) is 0 Å². The zero-order chi connectivity index (χ0) is 15.3. The Morgan fingerprint density at radius 2 is 1.68 bits per heavy atom. The van der Waals surface area contributed by atoms with Crippen LogP contribution < -0.4 is 5.32 Å². The van der Waals surface area contributed by atoms with Crippen molar-refractivity contribution in [3.05, 3.63) is 0 Å². The van der Waals surface area contributed by atoms with Crippen LogP contribution in [-0.2, 0) is 9.59 Å². The Bertz CT molecular complexity index is 314. The van der Waals surface area contributed by atoms with Crippen LogP contribution in [0.1, 0.15) is 47.5 Å². The molecule has 0 heterocycles. The van der Waals surface area contributed by atoms with Gasteiger partial charge in [0.05, 0.1) is 5.60 Å². The average molecular weight is 272 g/mol.